The molecule has 26 heavy (non-hydrogen) atoms. The second-order valence-corrected chi connectivity index (χ2v) is 6.51. The Morgan fingerprint density at radius 3 is 2.08 bits per heavy atom. The van der Waals surface area contributed by atoms with E-state index < -0.39 is 5.60 Å². The molecule has 3 aromatic carbocycles. The van der Waals surface area contributed by atoms with Crippen molar-refractivity contribution in [2.45, 2.75) is 5.60 Å². The zero-order valence-corrected chi connectivity index (χ0v) is 14.8. The number of benzene rings is 3. The van der Waals surface area contributed by atoms with Crippen molar-refractivity contribution in [2.75, 3.05) is 0 Å². The number of hydrogen-bond donors (Lipinski definition) is 3. The second kappa shape index (κ2) is 6.89. The lowest BCUT2D eigenvalue weighted by Crippen LogP contribution is -2.26. The largest absolute Gasteiger partial charge is 0.506 e. The van der Waals surface area contributed by atoms with Gasteiger partial charge in [-0.05, 0) is 35.4 Å². The molecule has 0 radical (unpaired) electrons. The summed E-state index contributed by atoms with van der Waals surface area (Å²) in [7, 11) is 0. The highest BCUT2D eigenvalue weighted by molar-refractivity contribution is 6.32. The van der Waals surface area contributed by atoms with Crippen LogP contribution in [-0.4, -0.2) is 15.3 Å². The molecule has 3 rings (SSSR count). The topological polar surface area (TPSA) is 84.5 Å². The van der Waals surface area contributed by atoms with Crippen LogP contribution in [0.25, 0.3) is 11.1 Å². The highest BCUT2D eigenvalue weighted by atomic mass is 35.5. The summed E-state index contributed by atoms with van der Waals surface area (Å²) in [4.78, 5) is 0. The van der Waals surface area contributed by atoms with Gasteiger partial charge in [0.05, 0.1) is 10.0 Å². The first-order valence-corrected chi connectivity index (χ1v) is 8.33. The van der Waals surface area contributed by atoms with Gasteiger partial charge in [0.2, 0.25) is 5.60 Å². The van der Waals surface area contributed by atoms with Gasteiger partial charge in [-0.15, -0.1) is 0 Å². The van der Waals surface area contributed by atoms with Crippen LogP contribution in [0.4, 0.5) is 0 Å². The number of nitrogens with zero attached hydrogens (tertiary/aromatic N) is 1. The fourth-order valence-corrected chi connectivity index (χ4v) is 3.10. The Morgan fingerprint density at radius 2 is 1.46 bits per heavy atom. The number of aliphatic hydroxyl groups is 1. The van der Waals surface area contributed by atoms with Crippen LogP contribution in [0, 0.1) is 11.3 Å². The summed E-state index contributed by atoms with van der Waals surface area (Å²) in [5, 5.41) is 40.3. The van der Waals surface area contributed by atoms with Crippen molar-refractivity contribution in [1.29, 1.82) is 5.26 Å². The van der Waals surface area contributed by atoms with Gasteiger partial charge in [-0.1, -0.05) is 59.6 Å². The van der Waals surface area contributed by atoms with E-state index in [1.54, 1.807) is 36.4 Å². The quantitative estimate of drug-likeness (QED) is 0.563. The molecule has 0 fully saturated rings. The van der Waals surface area contributed by atoms with Crippen LogP contribution >= 0.6 is 23.2 Å². The lowest BCUT2D eigenvalue weighted by molar-refractivity contribution is 0.143. The van der Waals surface area contributed by atoms with Crippen LogP contribution < -0.4 is 0 Å². The Hall–Kier alpha value is -2.71. The highest BCUT2D eigenvalue weighted by Gasteiger charge is 2.34. The van der Waals surface area contributed by atoms with Crippen LogP contribution in [0.15, 0.2) is 60.7 Å². The zero-order chi connectivity index (χ0) is 18.9. The third-order valence-corrected chi connectivity index (χ3v) is 4.71. The standard InChI is InChI=1S/C20H13Cl2NO3/c21-16-9-12(5-7-18(16)24)14-3-1-2-4-15(14)20(26,11-23)13-6-8-19(25)17(22)10-13/h1-10,24-26H. The molecule has 4 nitrogen and oxygen atoms in total. The molecular formula is C20H13Cl2NO3. The first kappa shape index (κ1) is 18.1. The molecule has 130 valence electrons. The third-order valence-electron chi connectivity index (χ3n) is 4.10. The Balaban J connectivity index is 2.23. The maximum Gasteiger partial charge on any atom is 0.203 e. The molecule has 0 spiro atoms. The maximum atomic E-state index is 11.2. The average Bonchev–Trinajstić information content (AvgIpc) is 2.65. The lowest BCUT2D eigenvalue weighted by atomic mass is 9.83. The van der Waals surface area contributed by atoms with E-state index in [2.05, 4.69) is 0 Å². The van der Waals surface area contributed by atoms with Crippen molar-refractivity contribution in [3.8, 4) is 28.7 Å². The van der Waals surface area contributed by atoms with Gasteiger partial charge in [0.1, 0.15) is 17.6 Å². The van der Waals surface area contributed by atoms with Crippen molar-refractivity contribution in [3.63, 3.8) is 0 Å². The van der Waals surface area contributed by atoms with Crippen LogP contribution in [0.5, 0.6) is 11.5 Å². The van der Waals surface area contributed by atoms with Crippen LogP contribution in [-0.2, 0) is 5.60 Å². The van der Waals surface area contributed by atoms with Gasteiger partial charge in [0.15, 0.2) is 0 Å². The van der Waals surface area contributed by atoms with Gasteiger partial charge in [0, 0.05) is 11.1 Å². The summed E-state index contributed by atoms with van der Waals surface area (Å²) in [6.45, 7) is 0. The fraction of sp³-hybridized carbons (Fsp3) is 0.0500. The van der Waals surface area contributed by atoms with E-state index in [1.807, 2.05) is 6.07 Å². The molecule has 0 saturated heterocycles. The van der Waals surface area contributed by atoms with Gasteiger partial charge in [0.25, 0.3) is 0 Å². The van der Waals surface area contributed by atoms with E-state index in [-0.39, 0.29) is 27.1 Å². The molecule has 0 bridgehead atoms. The van der Waals surface area contributed by atoms with Gasteiger partial charge < -0.3 is 15.3 Å². The number of rotatable bonds is 3. The SMILES string of the molecule is N#CC(O)(c1ccc(O)c(Cl)c1)c1ccccc1-c1ccc(O)c(Cl)c1. The van der Waals surface area contributed by atoms with Crippen molar-refractivity contribution in [3.05, 3.63) is 81.8 Å². The van der Waals surface area contributed by atoms with Gasteiger partial charge >= 0.3 is 0 Å². The minimum Gasteiger partial charge on any atom is -0.506 e. The molecule has 0 aliphatic carbocycles. The number of aromatic hydroxyl groups is 2. The molecule has 0 heterocycles. The summed E-state index contributed by atoms with van der Waals surface area (Å²) < 4.78 is 0. The summed E-state index contributed by atoms with van der Waals surface area (Å²) in [5.41, 5.74) is -0.256. The third kappa shape index (κ3) is 3.09. The van der Waals surface area contributed by atoms with Crippen molar-refractivity contribution in [2.24, 2.45) is 0 Å². The molecule has 0 amide bonds. The number of phenols is 2. The normalized spacial score (nSPS) is 13.0. The minimum absolute atomic E-state index is 0.0290. The molecule has 0 saturated carbocycles. The predicted molar refractivity (Wildman–Crippen MR) is 100 cm³/mol. The molecule has 3 N–H and O–H groups in total. The Labute approximate surface area is 160 Å². The molecule has 0 aromatic heterocycles. The highest BCUT2D eigenvalue weighted by Crippen LogP contribution is 2.39. The van der Waals surface area contributed by atoms with Crippen LogP contribution in [0.1, 0.15) is 11.1 Å². The van der Waals surface area contributed by atoms with E-state index in [4.69, 9.17) is 23.2 Å². The molecule has 1 atom stereocenters. The number of nitriles is 1. The molecule has 0 aliphatic heterocycles. The fourth-order valence-electron chi connectivity index (χ4n) is 2.74. The van der Waals surface area contributed by atoms with E-state index in [0.29, 0.717) is 16.7 Å². The lowest BCUT2D eigenvalue weighted by Gasteiger charge is -2.24. The van der Waals surface area contributed by atoms with Crippen LogP contribution in [0.3, 0.4) is 0 Å². The summed E-state index contributed by atoms with van der Waals surface area (Å²) in [6.07, 6.45) is 0. The summed E-state index contributed by atoms with van der Waals surface area (Å²) in [6, 6.07) is 17.5. The molecule has 1 unspecified atom stereocenters. The number of phenolic OH excluding ortho intramolecular Hbond substituents is 2. The maximum absolute atomic E-state index is 11.2. The molecule has 0 aliphatic rings. The average molecular weight is 386 g/mol. The number of halogens is 2. The molecule has 3 aromatic rings. The monoisotopic (exact) mass is 385 g/mol. The van der Waals surface area contributed by atoms with Gasteiger partial charge in [-0.3, -0.25) is 0 Å². The Morgan fingerprint density at radius 1 is 0.846 bits per heavy atom. The smallest absolute Gasteiger partial charge is 0.203 e. The first-order chi connectivity index (χ1) is 12.4. The van der Waals surface area contributed by atoms with Gasteiger partial charge in [-0.2, -0.15) is 5.26 Å². The Bertz CT molecular complexity index is 1030. The van der Waals surface area contributed by atoms with Crippen LogP contribution in [0.2, 0.25) is 10.0 Å². The summed E-state index contributed by atoms with van der Waals surface area (Å²) >= 11 is 11.9. The van der Waals surface area contributed by atoms with E-state index in [0.717, 1.165) is 0 Å². The molecular weight excluding hydrogens is 373 g/mol. The van der Waals surface area contributed by atoms with Crippen molar-refractivity contribution < 1.29 is 15.3 Å². The minimum atomic E-state index is -2.00. The predicted octanol–water partition coefficient (Wildman–Crippen LogP) is 4.83. The van der Waals surface area contributed by atoms with Gasteiger partial charge in [-0.25, -0.2) is 0 Å². The number of hydrogen-bond acceptors (Lipinski definition) is 4. The first-order valence-electron chi connectivity index (χ1n) is 7.58. The second-order valence-electron chi connectivity index (χ2n) is 5.70. The zero-order valence-electron chi connectivity index (χ0n) is 13.3. The van der Waals surface area contributed by atoms with E-state index in [9.17, 15) is 20.6 Å². The molecule has 6 heteroatoms. The van der Waals surface area contributed by atoms with E-state index in [1.165, 1.54) is 24.3 Å². The van der Waals surface area contributed by atoms with Crippen molar-refractivity contribution >= 4 is 23.2 Å². The van der Waals surface area contributed by atoms with Crippen molar-refractivity contribution in [1.82, 2.24) is 0 Å². The Kier molecular flexibility index (Phi) is 4.80. The summed E-state index contributed by atoms with van der Waals surface area (Å²) in [5.74, 6) is -0.205. The van der Waals surface area contributed by atoms with E-state index >= 15 is 0 Å².